The molecular formula is C24H21NO4S. The van der Waals surface area contributed by atoms with Crippen LogP contribution in [-0.2, 0) is 16.4 Å². The second-order valence-corrected chi connectivity index (χ2v) is 8.54. The van der Waals surface area contributed by atoms with Crippen LogP contribution in [0.4, 0.5) is 0 Å². The first-order valence-corrected chi connectivity index (χ1v) is 10.7. The average Bonchev–Trinajstić information content (AvgIpc) is 2.77. The second-order valence-electron chi connectivity index (χ2n) is 6.62. The third-order valence-corrected chi connectivity index (χ3v) is 6.13. The van der Waals surface area contributed by atoms with E-state index in [2.05, 4.69) is 0 Å². The molecule has 0 aliphatic heterocycles. The molecule has 0 amide bonds. The molecule has 0 aliphatic carbocycles. The highest BCUT2D eigenvalue weighted by molar-refractivity contribution is 7.95. The summed E-state index contributed by atoms with van der Waals surface area (Å²) in [6.45, 7) is 2.39. The van der Waals surface area contributed by atoms with Crippen molar-refractivity contribution in [2.45, 2.75) is 18.4 Å². The number of aryl methyl sites for hydroxylation is 1. The summed E-state index contributed by atoms with van der Waals surface area (Å²) in [5.41, 5.74) is 2.71. The first-order chi connectivity index (χ1) is 14.4. The van der Waals surface area contributed by atoms with E-state index in [1.165, 1.54) is 30.9 Å². The van der Waals surface area contributed by atoms with Crippen LogP contribution in [0.2, 0.25) is 0 Å². The Hall–Kier alpha value is -3.56. The van der Waals surface area contributed by atoms with Gasteiger partial charge >= 0.3 is 0 Å². The molecule has 3 aromatic carbocycles. The van der Waals surface area contributed by atoms with E-state index >= 15 is 0 Å². The van der Waals surface area contributed by atoms with Gasteiger partial charge in [0.2, 0.25) is 9.84 Å². The van der Waals surface area contributed by atoms with Gasteiger partial charge in [0.05, 0.1) is 12.0 Å². The summed E-state index contributed by atoms with van der Waals surface area (Å²) in [5.74, 6) is 0.977. The van der Waals surface area contributed by atoms with Crippen molar-refractivity contribution in [1.29, 1.82) is 5.26 Å². The number of methoxy groups -OCH3 is 1. The highest BCUT2D eigenvalue weighted by Crippen LogP contribution is 2.30. The molecule has 0 atom stereocenters. The van der Waals surface area contributed by atoms with Gasteiger partial charge < -0.3 is 9.47 Å². The summed E-state index contributed by atoms with van der Waals surface area (Å²) in [6, 6.07) is 22.7. The molecule has 3 rings (SSSR count). The summed E-state index contributed by atoms with van der Waals surface area (Å²) in [6.07, 6.45) is 1.33. The smallest absolute Gasteiger partial charge is 0.216 e. The molecule has 0 radical (unpaired) electrons. The fraction of sp³-hybridized carbons (Fsp3) is 0.125. The Morgan fingerprint density at radius 3 is 2.33 bits per heavy atom. The van der Waals surface area contributed by atoms with Gasteiger partial charge in [-0.2, -0.15) is 5.26 Å². The fourth-order valence-corrected chi connectivity index (χ4v) is 3.97. The van der Waals surface area contributed by atoms with Crippen molar-refractivity contribution in [3.63, 3.8) is 0 Å². The summed E-state index contributed by atoms with van der Waals surface area (Å²) < 4.78 is 36.7. The molecule has 0 aliphatic rings. The number of nitrogens with zero attached hydrogens (tertiary/aromatic N) is 1. The standard InChI is InChI=1S/C24H21NO4S/c1-18-8-10-19(11-9-18)17-29-23-13-12-20(15-24(23)28-2)14-22(16-25)30(26,27)21-6-4-3-5-7-21/h3-15H,17H2,1-2H3/b22-14+. The Morgan fingerprint density at radius 1 is 1.00 bits per heavy atom. The Balaban J connectivity index is 1.86. The zero-order valence-corrected chi connectivity index (χ0v) is 17.5. The van der Waals surface area contributed by atoms with E-state index in [0.29, 0.717) is 23.7 Å². The first kappa shape index (κ1) is 21.2. The number of rotatable bonds is 7. The van der Waals surface area contributed by atoms with Crippen LogP contribution in [0, 0.1) is 18.3 Å². The van der Waals surface area contributed by atoms with Crippen molar-refractivity contribution in [1.82, 2.24) is 0 Å². The minimum atomic E-state index is -3.90. The Labute approximate surface area is 176 Å². The summed E-state index contributed by atoms with van der Waals surface area (Å²) in [7, 11) is -2.39. The minimum absolute atomic E-state index is 0.0721. The van der Waals surface area contributed by atoms with E-state index in [1.54, 1.807) is 42.5 Å². The summed E-state index contributed by atoms with van der Waals surface area (Å²) >= 11 is 0. The molecule has 0 heterocycles. The lowest BCUT2D eigenvalue weighted by Crippen LogP contribution is -2.03. The van der Waals surface area contributed by atoms with Crippen molar-refractivity contribution in [3.05, 3.63) is 94.4 Å². The number of hydrogen-bond donors (Lipinski definition) is 0. The van der Waals surface area contributed by atoms with Crippen LogP contribution in [0.25, 0.3) is 6.08 Å². The maximum atomic E-state index is 12.7. The molecule has 0 spiro atoms. The first-order valence-electron chi connectivity index (χ1n) is 9.22. The van der Waals surface area contributed by atoms with Gasteiger partial charge in [0, 0.05) is 0 Å². The van der Waals surface area contributed by atoms with Crippen molar-refractivity contribution < 1.29 is 17.9 Å². The van der Waals surface area contributed by atoms with Crippen LogP contribution in [0.15, 0.2) is 82.6 Å². The molecular weight excluding hydrogens is 398 g/mol. The molecule has 0 fully saturated rings. The van der Waals surface area contributed by atoms with E-state index in [1.807, 2.05) is 31.2 Å². The molecule has 0 unspecified atom stereocenters. The van der Waals surface area contributed by atoms with Crippen LogP contribution in [0.1, 0.15) is 16.7 Å². The second kappa shape index (κ2) is 9.29. The van der Waals surface area contributed by atoms with Gasteiger partial charge in [-0.25, -0.2) is 8.42 Å². The summed E-state index contributed by atoms with van der Waals surface area (Å²) in [4.78, 5) is -0.271. The molecule has 6 heteroatoms. The molecule has 5 nitrogen and oxygen atoms in total. The number of nitriles is 1. The van der Waals surface area contributed by atoms with Crippen molar-refractivity contribution >= 4 is 15.9 Å². The van der Waals surface area contributed by atoms with Gasteiger partial charge in [-0.1, -0.05) is 54.1 Å². The van der Waals surface area contributed by atoms with Gasteiger partial charge in [0.25, 0.3) is 0 Å². The maximum absolute atomic E-state index is 12.7. The lowest BCUT2D eigenvalue weighted by Gasteiger charge is -2.12. The van der Waals surface area contributed by atoms with E-state index in [4.69, 9.17) is 9.47 Å². The molecule has 152 valence electrons. The zero-order chi connectivity index (χ0) is 21.6. The van der Waals surface area contributed by atoms with E-state index in [-0.39, 0.29) is 9.80 Å². The van der Waals surface area contributed by atoms with Crippen LogP contribution in [0.5, 0.6) is 11.5 Å². The third kappa shape index (κ3) is 4.88. The van der Waals surface area contributed by atoms with Gasteiger partial charge in [-0.05, 0) is 48.4 Å². The maximum Gasteiger partial charge on any atom is 0.216 e. The zero-order valence-electron chi connectivity index (χ0n) is 16.7. The highest BCUT2D eigenvalue weighted by Gasteiger charge is 2.20. The average molecular weight is 420 g/mol. The quantitative estimate of drug-likeness (QED) is 0.508. The van der Waals surface area contributed by atoms with Crippen LogP contribution >= 0.6 is 0 Å². The predicted octanol–water partition coefficient (Wildman–Crippen LogP) is 4.92. The molecule has 3 aromatic rings. The minimum Gasteiger partial charge on any atom is -0.493 e. The molecule has 0 aromatic heterocycles. The third-order valence-electron chi connectivity index (χ3n) is 4.45. The molecule has 0 saturated heterocycles. The number of benzene rings is 3. The van der Waals surface area contributed by atoms with Gasteiger partial charge in [-0.3, -0.25) is 0 Å². The Morgan fingerprint density at radius 2 is 1.70 bits per heavy atom. The Kier molecular flexibility index (Phi) is 6.55. The number of sulfone groups is 1. The number of allylic oxidation sites excluding steroid dienone is 1. The lowest BCUT2D eigenvalue weighted by atomic mass is 10.1. The van der Waals surface area contributed by atoms with Crippen molar-refractivity contribution in [2.75, 3.05) is 7.11 Å². The molecule has 0 bridgehead atoms. The highest BCUT2D eigenvalue weighted by atomic mass is 32.2. The Bertz CT molecular complexity index is 1190. The van der Waals surface area contributed by atoms with Crippen molar-refractivity contribution in [2.24, 2.45) is 0 Å². The van der Waals surface area contributed by atoms with Gasteiger partial charge in [0.1, 0.15) is 17.6 Å². The monoisotopic (exact) mass is 419 g/mol. The van der Waals surface area contributed by atoms with E-state index < -0.39 is 9.84 Å². The molecule has 0 saturated carbocycles. The molecule has 30 heavy (non-hydrogen) atoms. The van der Waals surface area contributed by atoms with E-state index in [0.717, 1.165) is 5.56 Å². The number of ether oxygens (including phenoxy) is 2. The van der Waals surface area contributed by atoms with Crippen molar-refractivity contribution in [3.8, 4) is 17.6 Å². The topological polar surface area (TPSA) is 76.4 Å². The van der Waals surface area contributed by atoms with Crippen LogP contribution in [-0.4, -0.2) is 15.5 Å². The van der Waals surface area contributed by atoms with Gasteiger partial charge in [0.15, 0.2) is 11.5 Å². The van der Waals surface area contributed by atoms with Gasteiger partial charge in [-0.15, -0.1) is 0 Å². The fourth-order valence-electron chi connectivity index (χ4n) is 2.79. The SMILES string of the molecule is COc1cc(/C=C(\C#N)S(=O)(=O)c2ccccc2)ccc1OCc1ccc(C)cc1. The predicted molar refractivity (Wildman–Crippen MR) is 116 cm³/mol. The van der Waals surface area contributed by atoms with E-state index in [9.17, 15) is 13.7 Å². The van der Waals surface area contributed by atoms with Crippen LogP contribution in [0.3, 0.4) is 0 Å². The lowest BCUT2D eigenvalue weighted by molar-refractivity contribution is 0.284. The number of hydrogen-bond acceptors (Lipinski definition) is 5. The molecule has 0 N–H and O–H groups in total. The largest absolute Gasteiger partial charge is 0.493 e. The summed E-state index contributed by atoms with van der Waals surface area (Å²) in [5, 5.41) is 9.44. The van der Waals surface area contributed by atoms with Crippen LogP contribution < -0.4 is 9.47 Å². The normalized spacial score (nSPS) is 11.6.